The third-order valence-electron chi connectivity index (χ3n) is 3.59. The van der Waals surface area contributed by atoms with Crippen LogP contribution in [0, 0.1) is 5.92 Å². The number of carbonyl (C=O) groups is 1. The van der Waals surface area contributed by atoms with Crippen molar-refractivity contribution in [2.24, 2.45) is 5.92 Å². The predicted octanol–water partition coefficient (Wildman–Crippen LogP) is 4.30. The highest BCUT2D eigenvalue weighted by Gasteiger charge is 2.45. The summed E-state index contributed by atoms with van der Waals surface area (Å²) < 4.78 is 39.6. The summed E-state index contributed by atoms with van der Waals surface area (Å²) in [5.74, 6) is -1.89. The molecular weight excluding hydrogens is 335 g/mol. The Balaban J connectivity index is 2.09. The van der Waals surface area contributed by atoms with Gasteiger partial charge in [-0.3, -0.25) is 4.79 Å². The number of rotatable bonds is 2. The second-order valence-electron chi connectivity index (χ2n) is 5.02. The monoisotopic (exact) mass is 349 g/mol. The average Bonchev–Trinajstić information content (AvgIpc) is 2.38. The predicted molar refractivity (Wildman–Crippen MR) is 73.4 cm³/mol. The maximum atomic E-state index is 12.9. The molecule has 1 aromatic carbocycles. The molecule has 0 aliphatic heterocycles. The lowest BCUT2D eigenvalue weighted by Gasteiger charge is -2.33. The van der Waals surface area contributed by atoms with Crippen LogP contribution >= 0.6 is 15.9 Å². The maximum absolute atomic E-state index is 12.9. The number of benzene rings is 1. The molecule has 1 fully saturated rings. The molecule has 2 rings (SSSR count). The van der Waals surface area contributed by atoms with Crippen LogP contribution in [-0.2, 0) is 0 Å². The summed E-state index contributed by atoms with van der Waals surface area (Å²) in [5, 5.41) is 2.54. The van der Waals surface area contributed by atoms with Crippen molar-refractivity contribution < 1.29 is 18.0 Å². The number of halogens is 4. The van der Waals surface area contributed by atoms with Crippen LogP contribution in [0.3, 0.4) is 0 Å². The summed E-state index contributed by atoms with van der Waals surface area (Å²) in [5.41, 5.74) is 0.367. The van der Waals surface area contributed by atoms with Crippen LogP contribution in [0.2, 0.25) is 0 Å². The lowest BCUT2D eigenvalue weighted by molar-refractivity contribution is -0.187. The Morgan fingerprint density at radius 1 is 1.25 bits per heavy atom. The van der Waals surface area contributed by atoms with Crippen molar-refractivity contribution in [1.29, 1.82) is 0 Å². The van der Waals surface area contributed by atoms with Gasteiger partial charge in [-0.1, -0.05) is 34.8 Å². The molecule has 0 heterocycles. The molecule has 0 saturated heterocycles. The Labute approximate surface area is 123 Å². The van der Waals surface area contributed by atoms with Gasteiger partial charge < -0.3 is 5.32 Å². The van der Waals surface area contributed by atoms with Gasteiger partial charge in [-0.05, 0) is 31.0 Å². The molecule has 1 aliphatic carbocycles. The van der Waals surface area contributed by atoms with Gasteiger partial charge in [0.15, 0.2) is 0 Å². The van der Waals surface area contributed by atoms with Gasteiger partial charge in [0.05, 0.1) is 5.92 Å². The van der Waals surface area contributed by atoms with Gasteiger partial charge in [-0.15, -0.1) is 0 Å². The Hall–Kier alpha value is -1.04. The third kappa shape index (κ3) is 3.75. The SMILES string of the molecule is O=C(NC1CCCCC1C(F)(F)F)c1cccc(Br)c1. The fourth-order valence-electron chi connectivity index (χ4n) is 2.58. The van der Waals surface area contributed by atoms with E-state index in [9.17, 15) is 18.0 Å². The van der Waals surface area contributed by atoms with Gasteiger partial charge in [0.1, 0.15) is 0 Å². The van der Waals surface area contributed by atoms with E-state index in [4.69, 9.17) is 0 Å². The normalized spacial score (nSPS) is 23.4. The maximum Gasteiger partial charge on any atom is 0.393 e. The summed E-state index contributed by atoms with van der Waals surface area (Å²) in [6.45, 7) is 0. The quantitative estimate of drug-likeness (QED) is 0.847. The number of alkyl halides is 3. The first-order valence-corrected chi connectivity index (χ1v) is 7.30. The minimum absolute atomic E-state index is 0.0902. The van der Waals surface area contributed by atoms with E-state index in [2.05, 4.69) is 21.2 Å². The third-order valence-corrected chi connectivity index (χ3v) is 4.08. The zero-order valence-electron chi connectivity index (χ0n) is 10.7. The van der Waals surface area contributed by atoms with Crippen LogP contribution in [0.1, 0.15) is 36.0 Å². The molecule has 1 aromatic rings. The zero-order chi connectivity index (χ0) is 14.8. The highest BCUT2D eigenvalue weighted by molar-refractivity contribution is 9.10. The summed E-state index contributed by atoms with van der Waals surface area (Å²) in [4.78, 5) is 12.0. The summed E-state index contributed by atoms with van der Waals surface area (Å²) in [7, 11) is 0. The number of amides is 1. The number of nitrogens with one attached hydrogen (secondary N) is 1. The number of hydrogen-bond donors (Lipinski definition) is 1. The lowest BCUT2D eigenvalue weighted by atomic mass is 9.84. The number of hydrogen-bond acceptors (Lipinski definition) is 1. The molecule has 0 bridgehead atoms. The first kappa shape index (κ1) is 15.4. The molecule has 0 aromatic heterocycles. The molecule has 2 nitrogen and oxygen atoms in total. The van der Waals surface area contributed by atoms with Crippen molar-refractivity contribution in [3.05, 3.63) is 34.3 Å². The van der Waals surface area contributed by atoms with Crippen LogP contribution in [0.5, 0.6) is 0 Å². The van der Waals surface area contributed by atoms with E-state index >= 15 is 0 Å². The molecule has 1 aliphatic rings. The van der Waals surface area contributed by atoms with Crippen molar-refractivity contribution in [3.63, 3.8) is 0 Å². The molecule has 6 heteroatoms. The second-order valence-corrected chi connectivity index (χ2v) is 5.94. The van der Waals surface area contributed by atoms with Gasteiger partial charge in [0.2, 0.25) is 0 Å². The van der Waals surface area contributed by atoms with Crippen molar-refractivity contribution in [1.82, 2.24) is 5.32 Å². The first-order chi connectivity index (χ1) is 9.38. The molecule has 0 radical (unpaired) electrons. The molecule has 1 saturated carbocycles. The van der Waals surface area contributed by atoms with E-state index in [1.807, 2.05) is 0 Å². The van der Waals surface area contributed by atoms with Crippen LogP contribution in [-0.4, -0.2) is 18.1 Å². The molecule has 2 unspecified atom stereocenters. The molecule has 2 atom stereocenters. The van der Waals surface area contributed by atoms with Crippen LogP contribution in [0.25, 0.3) is 0 Å². The van der Waals surface area contributed by atoms with E-state index in [0.717, 1.165) is 10.9 Å². The molecule has 1 N–H and O–H groups in total. The topological polar surface area (TPSA) is 29.1 Å². The van der Waals surface area contributed by atoms with E-state index < -0.39 is 24.0 Å². The minimum atomic E-state index is -4.25. The summed E-state index contributed by atoms with van der Waals surface area (Å²) in [6, 6.07) is 5.80. The van der Waals surface area contributed by atoms with E-state index in [-0.39, 0.29) is 6.42 Å². The van der Waals surface area contributed by atoms with Crippen molar-refractivity contribution in [2.75, 3.05) is 0 Å². The Morgan fingerprint density at radius 3 is 2.60 bits per heavy atom. The van der Waals surface area contributed by atoms with E-state index in [1.165, 1.54) is 0 Å². The van der Waals surface area contributed by atoms with Crippen LogP contribution in [0.4, 0.5) is 13.2 Å². The fraction of sp³-hybridized carbons (Fsp3) is 0.500. The molecule has 0 spiro atoms. The van der Waals surface area contributed by atoms with Crippen molar-refractivity contribution in [2.45, 2.75) is 37.9 Å². The van der Waals surface area contributed by atoms with Gasteiger partial charge in [-0.2, -0.15) is 13.2 Å². The molecule has 110 valence electrons. The van der Waals surface area contributed by atoms with Gasteiger partial charge in [0, 0.05) is 16.1 Å². The highest BCUT2D eigenvalue weighted by atomic mass is 79.9. The van der Waals surface area contributed by atoms with Crippen molar-refractivity contribution in [3.8, 4) is 0 Å². The summed E-state index contributed by atoms with van der Waals surface area (Å²) >= 11 is 3.24. The standard InChI is InChI=1S/C14H15BrF3NO/c15-10-5-3-4-9(8-10)13(20)19-12-7-2-1-6-11(12)14(16,17)18/h3-5,8,11-12H,1-2,6-7H2,(H,19,20). The van der Waals surface area contributed by atoms with Gasteiger partial charge >= 0.3 is 6.18 Å². The average molecular weight is 350 g/mol. The molecule has 20 heavy (non-hydrogen) atoms. The van der Waals surface area contributed by atoms with Crippen molar-refractivity contribution >= 4 is 21.8 Å². The van der Waals surface area contributed by atoms with Crippen LogP contribution in [0.15, 0.2) is 28.7 Å². The Kier molecular flexibility index (Phi) is 4.73. The first-order valence-electron chi connectivity index (χ1n) is 6.51. The summed E-state index contributed by atoms with van der Waals surface area (Å²) in [6.07, 6.45) is -2.50. The Morgan fingerprint density at radius 2 is 1.95 bits per heavy atom. The number of carbonyl (C=O) groups excluding carboxylic acids is 1. The molecular formula is C14H15BrF3NO. The fourth-order valence-corrected chi connectivity index (χ4v) is 2.98. The minimum Gasteiger partial charge on any atom is -0.349 e. The van der Waals surface area contributed by atoms with Crippen LogP contribution < -0.4 is 5.32 Å². The molecule has 1 amide bonds. The van der Waals surface area contributed by atoms with E-state index in [0.29, 0.717) is 18.4 Å². The second kappa shape index (κ2) is 6.16. The zero-order valence-corrected chi connectivity index (χ0v) is 12.3. The largest absolute Gasteiger partial charge is 0.393 e. The van der Waals surface area contributed by atoms with Gasteiger partial charge in [0.25, 0.3) is 5.91 Å². The van der Waals surface area contributed by atoms with E-state index in [1.54, 1.807) is 24.3 Å². The highest BCUT2D eigenvalue weighted by Crippen LogP contribution is 2.37. The van der Waals surface area contributed by atoms with Gasteiger partial charge in [-0.25, -0.2) is 0 Å². The Bertz CT molecular complexity index is 490. The lowest BCUT2D eigenvalue weighted by Crippen LogP contribution is -2.47. The smallest absolute Gasteiger partial charge is 0.349 e.